The Balaban J connectivity index is 1.87. The van der Waals surface area contributed by atoms with Crippen LogP contribution in [0.4, 0.5) is 14.5 Å². The SMILES string of the molecule is O=C(Cc1ccc(F)cc1)NC(=S)Nc1cccc(F)c1. The molecule has 2 rings (SSSR count). The van der Waals surface area contributed by atoms with E-state index in [0.29, 0.717) is 11.3 Å². The third kappa shape index (κ3) is 4.92. The van der Waals surface area contributed by atoms with Crippen LogP contribution in [0.5, 0.6) is 0 Å². The summed E-state index contributed by atoms with van der Waals surface area (Å²) >= 11 is 4.97. The fourth-order valence-electron chi connectivity index (χ4n) is 1.69. The normalized spacial score (nSPS) is 10.0. The largest absolute Gasteiger partial charge is 0.332 e. The van der Waals surface area contributed by atoms with Crippen LogP contribution in [0, 0.1) is 11.6 Å². The summed E-state index contributed by atoms with van der Waals surface area (Å²) in [5.74, 6) is -1.10. The van der Waals surface area contributed by atoms with E-state index < -0.39 is 5.82 Å². The van der Waals surface area contributed by atoms with Gasteiger partial charge >= 0.3 is 0 Å². The van der Waals surface area contributed by atoms with Crippen LogP contribution in [0.2, 0.25) is 0 Å². The molecule has 108 valence electrons. The highest BCUT2D eigenvalue weighted by atomic mass is 32.1. The number of benzene rings is 2. The number of carbonyl (C=O) groups is 1. The van der Waals surface area contributed by atoms with Crippen LogP contribution in [0.3, 0.4) is 0 Å². The first-order valence-electron chi connectivity index (χ1n) is 6.14. The van der Waals surface area contributed by atoms with Gasteiger partial charge in [-0.15, -0.1) is 0 Å². The quantitative estimate of drug-likeness (QED) is 0.857. The maximum Gasteiger partial charge on any atom is 0.230 e. The van der Waals surface area contributed by atoms with Crippen molar-refractivity contribution in [3.8, 4) is 0 Å². The highest BCUT2D eigenvalue weighted by molar-refractivity contribution is 7.80. The molecular formula is C15H12F2N2OS. The Kier molecular flexibility index (Phi) is 4.94. The number of amides is 1. The van der Waals surface area contributed by atoms with Crippen molar-refractivity contribution in [3.63, 3.8) is 0 Å². The van der Waals surface area contributed by atoms with E-state index >= 15 is 0 Å². The molecule has 1 amide bonds. The molecule has 0 aromatic heterocycles. The minimum Gasteiger partial charge on any atom is -0.332 e. The summed E-state index contributed by atoms with van der Waals surface area (Å²) in [4.78, 5) is 11.8. The standard InChI is InChI=1S/C15H12F2N2OS/c16-11-6-4-10(5-7-11)8-14(20)19-15(21)18-13-3-1-2-12(17)9-13/h1-7,9H,8H2,(H2,18,19,20,21). The summed E-state index contributed by atoms with van der Waals surface area (Å²) in [6.45, 7) is 0. The maximum absolute atomic E-state index is 13.0. The minimum atomic E-state index is -0.402. The molecule has 0 atom stereocenters. The first-order valence-corrected chi connectivity index (χ1v) is 6.54. The second kappa shape index (κ2) is 6.90. The van der Waals surface area contributed by atoms with E-state index in [-0.39, 0.29) is 23.3 Å². The van der Waals surface area contributed by atoms with Gasteiger partial charge in [-0.3, -0.25) is 4.79 Å². The highest BCUT2D eigenvalue weighted by Gasteiger charge is 2.06. The van der Waals surface area contributed by atoms with Crippen LogP contribution < -0.4 is 10.6 Å². The number of hydrogen-bond acceptors (Lipinski definition) is 2. The highest BCUT2D eigenvalue weighted by Crippen LogP contribution is 2.09. The lowest BCUT2D eigenvalue weighted by Crippen LogP contribution is -2.35. The first kappa shape index (κ1) is 15.1. The van der Waals surface area contributed by atoms with Gasteiger partial charge in [-0.2, -0.15) is 0 Å². The Bertz CT molecular complexity index is 659. The van der Waals surface area contributed by atoms with Crippen molar-refractivity contribution >= 4 is 28.9 Å². The molecule has 0 aliphatic heterocycles. The van der Waals surface area contributed by atoms with Crippen LogP contribution in [0.1, 0.15) is 5.56 Å². The molecule has 3 nitrogen and oxygen atoms in total. The van der Waals surface area contributed by atoms with Gasteiger partial charge in [0.25, 0.3) is 0 Å². The van der Waals surface area contributed by atoms with Crippen molar-refractivity contribution in [3.05, 3.63) is 65.7 Å². The van der Waals surface area contributed by atoms with E-state index in [2.05, 4.69) is 10.6 Å². The molecule has 0 bridgehead atoms. The van der Waals surface area contributed by atoms with Crippen molar-refractivity contribution in [2.45, 2.75) is 6.42 Å². The lowest BCUT2D eigenvalue weighted by atomic mass is 10.1. The van der Waals surface area contributed by atoms with Crippen molar-refractivity contribution in [1.82, 2.24) is 5.32 Å². The summed E-state index contributed by atoms with van der Waals surface area (Å²) in [5, 5.41) is 5.26. The Morgan fingerprint density at radius 2 is 1.76 bits per heavy atom. The number of halogens is 2. The molecule has 0 saturated carbocycles. The average molecular weight is 306 g/mol. The van der Waals surface area contributed by atoms with Gasteiger partial charge in [-0.25, -0.2) is 8.78 Å². The zero-order valence-corrected chi connectivity index (χ0v) is 11.7. The van der Waals surface area contributed by atoms with E-state index in [1.807, 2.05) is 0 Å². The fourth-order valence-corrected chi connectivity index (χ4v) is 1.92. The van der Waals surface area contributed by atoms with Crippen LogP contribution in [-0.4, -0.2) is 11.0 Å². The summed E-state index contributed by atoms with van der Waals surface area (Å²) in [5.41, 5.74) is 1.12. The first-order chi connectivity index (χ1) is 10.0. The topological polar surface area (TPSA) is 41.1 Å². The Labute approximate surface area is 126 Å². The number of nitrogens with one attached hydrogen (secondary N) is 2. The third-order valence-electron chi connectivity index (χ3n) is 2.61. The molecule has 0 fully saturated rings. The maximum atomic E-state index is 13.0. The molecule has 21 heavy (non-hydrogen) atoms. The molecule has 2 aromatic carbocycles. The van der Waals surface area contributed by atoms with Gasteiger partial charge in [-0.1, -0.05) is 18.2 Å². The molecule has 0 saturated heterocycles. The van der Waals surface area contributed by atoms with Crippen LogP contribution in [0.25, 0.3) is 0 Å². The predicted molar refractivity (Wildman–Crippen MR) is 80.9 cm³/mol. The number of anilines is 1. The fraction of sp³-hybridized carbons (Fsp3) is 0.0667. The molecule has 6 heteroatoms. The Morgan fingerprint density at radius 3 is 2.43 bits per heavy atom. The van der Waals surface area contributed by atoms with Gasteiger partial charge in [0.15, 0.2) is 5.11 Å². The number of rotatable bonds is 3. The lowest BCUT2D eigenvalue weighted by Gasteiger charge is -2.09. The lowest BCUT2D eigenvalue weighted by molar-refractivity contribution is -0.119. The molecule has 2 aromatic rings. The number of hydrogen-bond donors (Lipinski definition) is 2. The molecule has 0 aliphatic carbocycles. The van der Waals surface area contributed by atoms with Gasteiger partial charge in [0.2, 0.25) is 5.91 Å². The molecule has 2 N–H and O–H groups in total. The van der Waals surface area contributed by atoms with E-state index in [9.17, 15) is 13.6 Å². The monoisotopic (exact) mass is 306 g/mol. The second-order valence-electron chi connectivity index (χ2n) is 4.32. The van der Waals surface area contributed by atoms with E-state index in [0.717, 1.165) is 0 Å². The Morgan fingerprint density at radius 1 is 1.05 bits per heavy atom. The zero-order chi connectivity index (χ0) is 15.2. The molecule has 0 radical (unpaired) electrons. The molecule has 0 spiro atoms. The molecular weight excluding hydrogens is 294 g/mol. The third-order valence-corrected chi connectivity index (χ3v) is 2.82. The molecule has 0 heterocycles. The zero-order valence-electron chi connectivity index (χ0n) is 10.9. The Hall–Kier alpha value is -2.34. The van der Waals surface area contributed by atoms with Crippen LogP contribution in [0.15, 0.2) is 48.5 Å². The summed E-state index contributed by atoms with van der Waals surface area (Å²) in [7, 11) is 0. The van der Waals surface area contributed by atoms with Crippen molar-refractivity contribution in [2.24, 2.45) is 0 Å². The van der Waals surface area contributed by atoms with Crippen molar-refractivity contribution in [2.75, 3.05) is 5.32 Å². The van der Waals surface area contributed by atoms with E-state index in [1.165, 1.54) is 42.5 Å². The van der Waals surface area contributed by atoms with Gasteiger partial charge in [0.05, 0.1) is 6.42 Å². The van der Waals surface area contributed by atoms with Crippen molar-refractivity contribution < 1.29 is 13.6 Å². The number of thiocarbonyl (C=S) groups is 1. The average Bonchev–Trinajstić information content (AvgIpc) is 2.41. The van der Waals surface area contributed by atoms with E-state index in [4.69, 9.17) is 12.2 Å². The number of carbonyl (C=O) groups excluding carboxylic acids is 1. The second-order valence-corrected chi connectivity index (χ2v) is 4.72. The van der Waals surface area contributed by atoms with Gasteiger partial charge in [-0.05, 0) is 48.1 Å². The summed E-state index contributed by atoms with van der Waals surface area (Å²) < 4.78 is 25.7. The van der Waals surface area contributed by atoms with Gasteiger partial charge in [0.1, 0.15) is 11.6 Å². The van der Waals surface area contributed by atoms with Gasteiger partial charge in [0, 0.05) is 5.69 Å². The smallest absolute Gasteiger partial charge is 0.230 e. The van der Waals surface area contributed by atoms with Gasteiger partial charge < -0.3 is 10.6 Å². The van der Waals surface area contributed by atoms with Crippen LogP contribution in [-0.2, 0) is 11.2 Å². The summed E-state index contributed by atoms with van der Waals surface area (Å²) in [6, 6.07) is 11.3. The predicted octanol–water partition coefficient (Wildman–Crippen LogP) is 3.02. The van der Waals surface area contributed by atoms with Crippen LogP contribution >= 0.6 is 12.2 Å². The van der Waals surface area contributed by atoms with E-state index in [1.54, 1.807) is 6.07 Å². The molecule has 0 aliphatic rings. The summed E-state index contributed by atoms with van der Waals surface area (Å²) in [6.07, 6.45) is 0.0747. The minimum absolute atomic E-state index is 0.0747. The molecule has 0 unspecified atom stereocenters. The van der Waals surface area contributed by atoms with Crippen molar-refractivity contribution in [1.29, 1.82) is 0 Å².